The molecule has 128 valence electrons. The highest BCUT2D eigenvalue weighted by Crippen LogP contribution is 2.33. The normalized spacial score (nSPS) is 11.4. The standard InChI is InChI=1S/C16H10BrF3N4O/c17-12-6-10(8-21-9-12)15(25)23-13-7-11(16(18,19)20)2-3-14(13)24-5-1-4-22-24/h1-9H,(H,23,25). The van der Waals surface area contributed by atoms with E-state index in [2.05, 4.69) is 31.3 Å². The zero-order chi connectivity index (χ0) is 18.0. The number of hydrogen-bond donors (Lipinski definition) is 1. The van der Waals surface area contributed by atoms with Gasteiger partial charge in [-0.1, -0.05) is 0 Å². The summed E-state index contributed by atoms with van der Waals surface area (Å²) in [7, 11) is 0. The number of benzene rings is 1. The number of carbonyl (C=O) groups is 1. The fourth-order valence-electron chi connectivity index (χ4n) is 2.15. The highest BCUT2D eigenvalue weighted by atomic mass is 79.9. The highest BCUT2D eigenvalue weighted by molar-refractivity contribution is 9.10. The van der Waals surface area contributed by atoms with Crippen molar-refractivity contribution in [1.29, 1.82) is 0 Å². The third-order valence-electron chi connectivity index (χ3n) is 3.29. The van der Waals surface area contributed by atoms with Crippen molar-refractivity contribution in [2.75, 3.05) is 5.32 Å². The second-order valence-corrected chi connectivity index (χ2v) is 5.94. The lowest BCUT2D eigenvalue weighted by molar-refractivity contribution is -0.137. The zero-order valence-corrected chi connectivity index (χ0v) is 14.0. The average molecular weight is 411 g/mol. The van der Waals surface area contributed by atoms with Crippen molar-refractivity contribution in [2.24, 2.45) is 0 Å². The lowest BCUT2D eigenvalue weighted by Gasteiger charge is -2.14. The van der Waals surface area contributed by atoms with E-state index in [1.165, 1.54) is 35.4 Å². The van der Waals surface area contributed by atoms with E-state index >= 15 is 0 Å². The van der Waals surface area contributed by atoms with E-state index < -0.39 is 17.6 Å². The molecule has 0 spiro atoms. The zero-order valence-electron chi connectivity index (χ0n) is 12.5. The molecule has 0 saturated carbocycles. The van der Waals surface area contributed by atoms with Crippen LogP contribution in [0.4, 0.5) is 18.9 Å². The van der Waals surface area contributed by atoms with E-state index in [1.54, 1.807) is 12.3 Å². The van der Waals surface area contributed by atoms with E-state index in [-0.39, 0.29) is 11.3 Å². The monoisotopic (exact) mass is 410 g/mol. The molecule has 9 heteroatoms. The molecule has 0 saturated heterocycles. The van der Waals surface area contributed by atoms with Crippen molar-refractivity contribution < 1.29 is 18.0 Å². The summed E-state index contributed by atoms with van der Waals surface area (Å²) in [6, 6.07) is 6.21. The van der Waals surface area contributed by atoms with Crippen LogP contribution in [-0.4, -0.2) is 20.7 Å². The third kappa shape index (κ3) is 3.87. The number of alkyl halides is 3. The van der Waals surface area contributed by atoms with Crippen molar-refractivity contribution in [3.63, 3.8) is 0 Å². The topological polar surface area (TPSA) is 59.8 Å². The molecule has 1 aromatic carbocycles. The van der Waals surface area contributed by atoms with E-state index in [9.17, 15) is 18.0 Å². The Morgan fingerprint density at radius 2 is 2.00 bits per heavy atom. The second-order valence-electron chi connectivity index (χ2n) is 5.03. The van der Waals surface area contributed by atoms with Crippen LogP contribution in [0.3, 0.4) is 0 Å². The molecule has 0 aliphatic rings. The Kier molecular flexibility index (Phi) is 4.58. The van der Waals surface area contributed by atoms with Gasteiger partial charge in [0.15, 0.2) is 0 Å². The molecule has 3 rings (SSSR count). The Labute approximate surface area is 148 Å². The maximum absolute atomic E-state index is 13.0. The van der Waals surface area contributed by atoms with Gasteiger partial charge < -0.3 is 5.32 Å². The van der Waals surface area contributed by atoms with E-state index in [1.807, 2.05) is 0 Å². The smallest absolute Gasteiger partial charge is 0.320 e. The second kappa shape index (κ2) is 6.67. The molecule has 0 radical (unpaired) electrons. The molecule has 2 heterocycles. The molecule has 25 heavy (non-hydrogen) atoms. The molecule has 0 atom stereocenters. The number of nitrogens with zero attached hydrogens (tertiary/aromatic N) is 3. The average Bonchev–Trinajstić information content (AvgIpc) is 3.08. The van der Waals surface area contributed by atoms with Gasteiger partial charge in [0.05, 0.1) is 22.5 Å². The molecule has 0 aliphatic heterocycles. The number of hydrogen-bond acceptors (Lipinski definition) is 3. The molecular weight excluding hydrogens is 401 g/mol. The molecule has 0 aliphatic carbocycles. The number of nitrogens with one attached hydrogen (secondary N) is 1. The van der Waals surface area contributed by atoms with Crippen LogP contribution in [0.1, 0.15) is 15.9 Å². The Bertz CT molecular complexity index is 910. The first-order chi connectivity index (χ1) is 11.8. The maximum atomic E-state index is 13.0. The van der Waals surface area contributed by atoms with Gasteiger partial charge in [-0.15, -0.1) is 0 Å². The van der Waals surface area contributed by atoms with E-state index in [4.69, 9.17) is 0 Å². The first-order valence-corrected chi connectivity index (χ1v) is 7.77. The van der Waals surface area contributed by atoms with Crippen molar-refractivity contribution in [2.45, 2.75) is 6.18 Å². The minimum absolute atomic E-state index is 0.0106. The van der Waals surface area contributed by atoms with Crippen LogP contribution in [0.25, 0.3) is 5.69 Å². The lowest BCUT2D eigenvalue weighted by atomic mass is 10.1. The molecule has 0 bridgehead atoms. The minimum atomic E-state index is -4.53. The van der Waals surface area contributed by atoms with Crippen LogP contribution in [-0.2, 0) is 6.18 Å². The summed E-state index contributed by atoms with van der Waals surface area (Å²) < 4.78 is 41.0. The number of carbonyl (C=O) groups excluding carboxylic acids is 1. The van der Waals surface area contributed by atoms with E-state index in [0.29, 0.717) is 10.2 Å². The summed E-state index contributed by atoms with van der Waals surface area (Å²) in [6.45, 7) is 0. The van der Waals surface area contributed by atoms with Crippen LogP contribution in [0.2, 0.25) is 0 Å². The number of amides is 1. The van der Waals surface area contributed by atoms with Gasteiger partial charge >= 0.3 is 6.18 Å². The number of anilines is 1. The summed E-state index contributed by atoms with van der Waals surface area (Å²) >= 11 is 3.19. The molecule has 0 fully saturated rings. The van der Waals surface area contributed by atoms with Crippen molar-refractivity contribution >= 4 is 27.5 Å². The summed E-state index contributed by atoms with van der Waals surface area (Å²) in [5.74, 6) is -0.582. The molecule has 1 N–H and O–H groups in total. The van der Waals surface area contributed by atoms with Crippen molar-refractivity contribution in [3.8, 4) is 5.69 Å². The summed E-state index contributed by atoms with van der Waals surface area (Å²) in [4.78, 5) is 16.2. The Morgan fingerprint density at radius 3 is 2.64 bits per heavy atom. The molecule has 2 aromatic heterocycles. The fraction of sp³-hybridized carbons (Fsp3) is 0.0625. The van der Waals surface area contributed by atoms with Crippen molar-refractivity contribution in [1.82, 2.24) is 14.8 Å². The fourth-order valence-corrected chi connectivity index (χ4v) is 2.52. The van der Waals surface area contributed by atoms with Crippen LogP contribution in [0.15, 0.2) is 59.6 Å². The van der Waals surface area contributed by atoms with Crippen LogP contribution in [0.5, 0.6) is 0 Å². The lowest BCUT2D eigenvalue weighted by Crippen LogP contribution is -2.16. The van der Waals surface area contributed by atoms with Crippen LogP contribution < -0.4 is 5.32 Å². The molecule has 3 aromatic rings. The minimum Gasteiger partial charge on any atom is -0.320 e. The quantitative estimate of drug-likeness (QED) is 0.699. The Balaban J connectivity index is 2.01. The number of halogens is 4. The number of aromatic nitrogens is 3. The van der Waals surface area contributed by atoms with Gasteiger partial charge in [0.1, 0.15) is 0 Å². The largest absolute Gasteiger partial charge is 0.416 e. The van der Waals surface area contributed by atoms with Crippen LogP contribution >= 0.6 is 15.9 Å². The van der Waals surface area contributed by atoms with Gasteiger partial charge in [0.2, 0.25) is 0 Å². The SMILES string of the molecule is O=C(Nc1cc(C(F)(F)F)ccc1-n1cccn1)c1cncc(Br)c1. The highest BCUT2D eigenvalue weighted by Gasteiger charge is 2.31. The Hall–Kier alpha value is -2.68. The van der Waals surface area contributed by atoms with E-state index in [0.717, 1.165) is 12.1 Å². The van der Waals surface area contributed by atoms with Gasteiger partial charge in [-0.3, -0.25) is 9.78 Å². The molecular formula is C16H10BrF3N4O. The Morgan fingerprint density at radius 1 is 1.20 bits per heavy atom. The number of pyridine rings is 1. The van der Waals surface area contributed by atoms with Gasteiger partial charge in [-0.05, 0) is 46.3 Å². The molecule has 1 amide bonds. The first kappa shape index (κ1) is 17.2. The molecule has 0 unspecified atom stereocenters. The van der Waals surface area contributed by atoms with Gasteiger partial charge in [0, 0.05) is 29.3 Å². The van der Waals surface area contributed by atoms with Gasteiger partial charge in [-0.25, -0.2) is 4.68 Å². The van der Waals surface area contributed by atoms with Gasteiger partial charge in [-0.2, -0.15) is 18.3 Å². The van der Waals surface area contributed by atoms with Gasteiger partial charge in [0.25, 0.3) is 5.91 Å². The third-order valence-corrected chi connectivity index (χ3v) is 3.72. The molecule has 5 nitrogen and oxygen atoms in total. The first-order valence-electron chi connectivity index (χ1n) is 6.98. The maximum Gasteiger partial charge on any atom is 0.416 e. The number of rotatable bonds is 3. The van der Waals surface area contributed by atoms with Crippen molar-refractivity contribution in [3.05, 3.63) is 70.7 Å². The summed E-state index contributed by atoms with van der Waals surface area (Å²) in [5.41, 5.74) is -0.359. The predicted octanol–water partition coefficient (Wildman–Crippen LogP) is 4.30. The summed E-state index contributed by atoms with van der Waals surface area (Å²) in [5, 5.41) is 6.49. The van der Waals surface area contributed by atoms with Crippen LogP contribution in [0, 0.1) is 0 Å². The predicted molar refractivity (Wildman–Crippen MR) is 88.5 cm³/mol. The summed E-state index contributed by atoms with van der Waals surface area (Å²) in [6.07, 6.45) is 1.34.